The molecule has 0 bridgehead atoms. The SMILES string of the molecule is O=C(NCC1CCCC1O)c1[nH]ncc1[N+](=O)[O-]. The van der Waals surface area contributed by atoms with Gasteiger partial charge in [0.25, 0.3) is 5.91 Å². The summed E-state index contributed by atoms with van der Waals surface area (Å²) in [7, 11) is 0. The molecule has 1 aromatic heterocycles. The van der Waals surface area contributed by atoms with Crippen molar-refractivity contribution in [1.82, 2.24) is 15.5 Å². The van der Waals surface area contributed by atoms with Crippen molar-refractivity contribution in [2.75, 3.05) is 6.54 Å². The number of H-pyrrole nitrogens is 1. The summed E-state index contributed by atoms with van der Waals surface area (Å²) in [6, 6.07) is 0. The number of aromatic nitrogens is 2. The molecule has 1 fully saturated rings. The van der Waals surface area contributed by atoms with Gasteiger partial charge in [0.05, 0.1) is 11.0 Å². The lowest BCUT2D eigenvalue weighted by Gasteiger charge is -2.14. The Morgan fingerprint density at radius 1 is 1.67 bits per heavy atom. The first-order chi connectivity index (χ1) is 8.59. The molecule has 98 valence electrons. The summed E-state index contributed by atoms with van der Waals surface area (Å²) in [5.74, 6) is -0.547. The van der Waals surface area contributed by atoms with E-state index in [0.717, 1.165) is 25.5 Å². The van der Waals surface area contributed by atoms with Crippen LogP contribution in [0.4, 0.5) is 5.69 Å². The molecule has 1 saturated carbocycles. The number of aromatic amines is 1. The molecule has 3 N–H and O–H groups in total. The molecule has 1 amide bonds. The van der Waals surface area contributed by atoms with Crippen molar-refractivity contribution in [3.63, 3.8) is 0 Å². The summed E-state index contributed by atoms with van der Waals surface area (Å²) in [5.41, 5.74) is -0.507. The molecule has 0 radical (unpaired) electrons. The largest absolute Gasteiger partial charge is 0.393 e. The lowest BCUT2D eigenvalue weighted by molar-refractivity contribution is -0.385. The van der Waals surface area contributed by atoms with Crippen LogP contribution in [0.5, 0.6) is 0 Å². The first kappa shape index (κ1) is 12.5. The van der Waals surface area contributed by atoms with Gasteiger partial charge in [-0.05, 0) is 12.8 Å². The van der Waals surface area contributed by atoms with E-state index < -0.39 is 16.9 Å². The monoisotopic (exact) mass is 254 g/mol. The molecule has 1 aliphatic rings. The summed E-state index contributed by atoms with van der Waals surface area (Å²) in [6.45, 7) is 0.316. The maximum atomic E-state index is 11.7. The fourth-order valence-corrected chi connectivity index (χ4v) is 2.15. The molecule has 2 rings (SSSR count). The Kier molecular flexibility index (Phi) is 3.56. The lowest BCUT2D eigenvalue weighted by atomic mass is 10.1. The Bertz CT molecular complexity index is 458. The van der Waals surface area contributed by atoms with E-state index in [0.29, 0.717) is 6.54 Å². The van der Waals surface area contributed by atoms with Gasteiger partial charge in [0, 0.05) is 12.5 Å². The molecule has 0 aliphatic heterocycles. The zero-order chi connectivity index (χ0) is 13.1. The van der Waals surface area contributed by atoms with E-state index in [2.05, 4.69) is 15.5 Å². The lowest BCUT2D eigenvalue weighted by Crippen LogP contribution is -2.32. The molecule has 1 aromatic rings. The van der Waals surface area contributed by atoms with Crippen molar-refractivity contribution in [1.29, 1.82) is 0 Å². The predicted octanol–water partition coefficient (Wildman–Crippen LogP) is 0.209. The van der Waals surface area contributed by atoms with Gasteiger partial charge >= 0.3 is 5.69 Å². The zero-order valence-corrected chi connectivity index (χ0v) is 9.63. The van der Waals surface area contributed by atoms with Crippen LogP contribution in [-0.2, 0) is 0 Å². The smallest absolute Gasteiger partial charge is 0.319 e. The number of nitrogens with one attached hydrogen (secondary N) is 2. The van der Waals surface area contributed by atoms with Crippen LogP contribution in [0.25, 0.3) is 0 Å². The van der Waals surface area contributed by atoms with Crippen LogP contribution in [0, 0.1) is 16.0 Å². The number of hydrogen-bond donors (Lipinski definition) is 3. The topological polar surface area (TPSA) is 121 Å². The third kappa shape index (κ3) is 2.48. The molecule has 0 saturated heterocycles. The molecular weight excluding hydrogens is 240 g/mol. The highest BCUT2D eigenvalue weighted by molar-refractivity contribution is 5.95. The second-order valence-corrected chi connectivity index (χ2v) is 4.36. The minimum atomic E-state index is -0.664. The van der Waals surface area contributed by atoms with Crippen LogP contribution >= 0.6 is 0 Å². The van der Waals surface area contributed by atoms with Crippen molar-refractivity contribution < 1.29 is 14.8 Å². The number of hydrogen-bond acceptors (Lipinski definition) is 5. The predicted molar refractivity (Wildman–Crippen MR) is 60.9 cm³/mol. The van der Waals surface area contributed by atoms with Gasteiger partial charge in [-0.2, -0.15) is 5.10 Å². The van der Waals surface area contributed by atoms with Crippen molar-refractivity contribution >= 4 is 11.6 Å². The summed E-state index contributed by atoms with van der Waals surface area (Å²) < 4.78 is 0. The van der Waals surface area contributed by atoms with E-state index in [1.165, 1.54) is 0 Å². The third-order valence-electron chi connectivity index (χ3n) is 3.19. The highest BCUT2D eigenvalue weighted by Gasteiger charge is 2.27. The minimum Gasteiger partial charge on any atom is -0.393 e. The van der Waals surface area contributed by atoms with Gasteiger partial charge in [0.15, 0.2) is 0 Å². The molecular formula is C10H14N4O4. The molecule has 2 unspecified atom stereocenters. The van der Waals surface area contributed by atoms with Crippen LogP contribution in [0.3, 0.4) is 0 Å². The Balaban J connectivity index is 1.95. The Morgan fingerprint density at radius 2 is 2.44 bits per heavy atom. The van der Waals surface area contributed by atoms with Crippen molar-refractivity contribution in [3.8, 4) is 0 Å². The second kappa shape index (κ2) is 5.13. The molecule has 0 spiro atoms. The second-order valence-electron chi connectivity index (χ2n) is 4.36. The van der Waals surface area contributed by atoms with Crippen molar-refractivity contribution in [3.05, 3.63) is 22.0 Å². The number of nitrogens with zero attached hydrogens (tertiary/aromatic N) is 2. The molecule has 8 heteroatoms. The van der Waals surface area contributed by atoms with E-state index in [9.17, 15) is 20.0 Å². The number of amides is 1. The normalized spacial score (nSPS) is 22.9. The maximum absolute atomic E-state index is 11.7. The van der Waals surface area contributed by atoms with E-state index in [-0.39, 0.29) is 17.3 Å². The fraction of sp³-hybridized carbons (Fsp3) is 0.600. The molecule has 8 nitrogen and oxygen atoms in total. The van der Waals surface area contributed by atoms with Gasteiger partial charge in [0.1, 0.15) is 6.20 Å². The first-order valence-corrected chi connectivity index (χ1v) is 5.73. The zero-order valence-electron chi connectivity index (χ0n) is 9.63. The first-order valence-electron chi connectivity index (χ1n) is 5.73. The van der Waals surface area contributed by atoms with Gasteiger partial charge in [-0.1, -0.05) is 6.42 Å². The van der Waals surface area contributed by atoms with Crippen LogP contribution < -0.4 is 5.32 Å². The van der Waals surface area contributed by atoms with Gasteiger partial charge < -0.3 is 10.4 Å². The number of nitro groups is 1. The standard InChI is InChI=1S/C10H14N4O4/c15-8-3-1-2-6(8)4-11-10(16)9-7(14(17)18)5-12-13-9/h5-6,8,15H,1-4H2,(H,11,16)(H,12,13). The Morgan fingerprint density at radius 3 is 3.06 bits per heavy atom. The number of aliphatic hydroxyl groups is 1. The van der Waals surface area contributed by atoms with E-state index in [1.807, 2.05) is 0 Å². The number of carbonyl (C=O) groups is 1. The van der Waals surface area contributed by atoms with Crippen LogP contribution in [0.15, 0.2) is 6.20 Å². The minimum absolute atomic E-state index is 0.0240. The Labute approximate surface area is 103 Å². The molecule has 1 heterocycles. The van der Waals surface area contributed by atoms with Crippen LogP contribution in [0.1, 0.15) is 29.8 Å². The third-order valence-corrected chi connectivity index (χ3v) is 3.19. The quantitative estimate of drug-likeness (QED) is 0.523. The van der Waals surface area contributed by atoms with Crippen molar-refractivity contribution in [2.45, 2.75) is 25.4 Å². The average molecular weight is 254 g/mol. The van der Waals surface area contributed by atoms with E-state index >= 15 is 0 Å². The fourth-order valence-electron chi connectivity index (χ4n) is 2.15. The van der Waals surface area contributed by atoms with Gasteiger partial charge in [-0.25, -0.2) is 0 Å². The van der Waals surface area contributed by atoms with E-state index in [4.69, 9.17) is 0 Å². The summed E-state index contributed by atoms with van der Waals surface area (Å²) in [5, 5.41) is 28.6. The highest BCUT2D eigenvalue weighted by atomic mass is 16.6. The highest BCUT2D eigenvalue weighted by Crippen LogP contribution is 2.24. The molecule has 2 atom stereocenters. The summed E-state index contributed by atoms with van der Waals surface area (Å²) in [4.78, 5) is 21.7. The average Bonchev–Trinajstić information content (AvgIpc) is 2.94. The van der Waals surface area contributed by atoms with Gasteiger partial charge in [-0.15, -0.1) is 0 Å². The molecule has 18 heavy (non-hydrogen) atoms. The number of rotatable bonds is 4. The van der Waals surface area contributed by atoms with Gasteiger partial charge in [0.2, 0.25) is 5.69 Å². The summed E-state index contributed by atoms with van der Waals surface area (Å²) >= 11 is 0. The number of aliphatic hydroxyl groups excluding tert-OH is 1. The Hall–Kier alpha value is -1.96. The van der Waals surface area contributed by atoms with Crippen LogP contribution in [0.2, 0.25) is 0 Å². The van der Waals surface area contributed by atoms with Gasteiger partial charge in [-0.3, -0.25) is 20.0 Å². The van der Waals surface area contributed by atoms with Crippen molar-refractivity contribution in [2.24, 2.45) is 5.92 Å². The van der Waals surface area contributed by atoms with Crippen LogP contribution in [-0.4, -0.2) is 38.8 Å². The summed E-state index contributed by atoms with van der Waals surface area (Å²) in [6.07, 6.45) is 3.13. The molecule has 1 aliphatic carbocycles. The number of carbonyl (C=O) groups excluding carboxylic acids is 1. The molecule has 0 aromatic carbocycles. The van der Waals surface area contributed by atoms with E-state index in [1.54, 1.807) is 0 Å². The maximum Gasteiger partial charge on any atom is 0.319 e.